The van der Waals surface area contributed by atoms with Gasteiger partial charge in [0.1, 0.15) is 10.6 Å². The van der Waals surface area contributed by atoms with Gasteiger partial charge in [-0.2, -0.15) is 4.31 Å². The number of sulfonamides is 1. The van der Waals surface area contributed by atoms with E-state index in [4.69, 9.17) is 4.52 Å². The first-order valence-corrected chi connectivity index (χ1v) is 9.59. The fraction of sp³-hybridized carbons (Fsp3) is 0.733. The molecule has 0 radical (unpaired) electrons. The number of carbonyl (C=O) groups is 1. The summed E-state index contributed by atoms with van der Waals surface area (Å²) in [4.78, 5) is 12.3. The van der Waals surface area contributed by atoms with Crippen LogP contribution in [-0.2, 0) is 14.8 Å². The molecule has 144 valence electrons. The Labute approximate surface area is 155 Å². The number of carbonyl (C=O) groups excluding carboxylic acids is 1. The van der Waals surface area contributed by atoms with Crippen molar-refractivity contribution in [1.82, 2.24) is 20.1 Å². The summed E-state index contributed by atoms with van der Waals surface area (Å²) in [6.07, 6.45) is 1.03. The van der Waals surface area contributed by atoms with E-state index in [2.05, 4.69) is 15.8 Å². The maximum Gasteiger partial charge on any atom is 0.248 e. The molecule has 0 saturated carbocycles. The molecule has 8 nitrogen and oxygen atoms in total. The van der Waals surface area contributed by atoms with Gasteiger partial charge in [-0.3, -0.25) is 4.79 Å². The van der Waals surface area contributed by atoms with Crippen LogP contribution in [0, 0.1) is 19.8 Å². The second-order valence-corrected chi connectivity index (χ2v) is 8.14. The number of rotatable bonds is 6. The topological polar surface area (TPSA) is 105 Å². The van der Waals surface area contributed by atoms with Crippen molar-refractivity contribution in [2.24, 2.45) is 5.92 Å². The van der Waals surface area contributed by atoms with Crippen LogP contribution in [0.3, 0.4) is 0 Å². The quantitative estimate of drug-likeness (QED) is 0.740. The molecule has 0 spiro atoms. The molecule has 25 heavy (non-hydrogen) atoms. The molecule has 1 aromatic heterocycles. The van der Waals surface area contributed by atoms with Crippen LogP contribution in [0.2, 0.25) is 0 Å². The number of amides is 1. The minimum atomic E-state index is -3.62. The third-order valence-corrected chi connectivity index (χ3v) is 6.61. The first-order chi connectivity index (χ1) is 11.3. The van der Waals surface area contributed by atoms with Gasteiger partial charge in [0.2, 0.25) is 15.9 Å². The molecule has 0 aromatic carbocycles. The monoisotopic (exact) mass is 394 g/mol. The number of piperidine rings is 1. The van der Waals surface area contributed by atoms with Crippen LogP contribution in [0.5, 0.6) is 0 Å². The number of likely N-dealkylation sites (N-methyl/N-ethyl adjacent to an activating group) is 1. The standard InChI is InChI=1S/C15H26N4O4S.ClH/c1-10(16-4)9-17-15(20)13-5-7-19(8-6-13)24(21,22)14-11(2)18-23-12(14)3;/h10,13,16H,5-9H2,1-4H3,(H,17,20);1H. The Hall–Kier alpha value is -1.16. The smallest absolute Gasteiger partial charge is 0.248 e. The number of nitrogens with zero attached hydrogens (tertiary/aromatic N) is 2. The first-order valence-electron chi connectivity index (χ1n) is 8.15. The van der Waals surface area contributed by atoms with Crippen molar-refractivity contribution in [2.75, 3.05) is 26.7 Å². The number of aryl methyl sites for hydroxylation is 2. The fourth-order valence-corrected chi connectivity index (χ4v) is 4.59. The molecule has 1 unspecified atom stereocenters. The molecule has 2 heterocycles. The zero-order valence-electron chi connectivity index (χ0n) is 15.0. The third kappa shape index (κ3) is 4.93. The number of aromatic nitrogens is 1. The second-order valence-electron chi connectivity index (χ2n) is 6.27. The minimum Gasteiger partial charge on any atom is -0.360 e. The number of nitrogens with one attached hydrogen (secondary N) is 2. The number of halogens is 1. The number of hydrogen-bond acceptors (Lipinski definition) is 6. The van der Waals surface area contributed by atoms with Crippen molar-refractivity contribution in [3.63, 3.8) is 0 Å². The Morgan fingerprint density at radius 2 is 1.96 bits per heavy atom. The molecule has 1 saturated heterocycles. The molecule has 0 bridgehead atoms. The molecular formula is C15H27ClN4O4S. The van der Waals surface area contributed by atoms with Gasteiger partial charge in [-0.05, 0) is 40.7 Å². The normalized spacial score (nSPS) is 17.8. The van der Waals surface area contributed by atoms with Gasteiger partial charge in [-0.15, -0.1) is 12.4 Å². The first kappa shape index (κ1) is 21.9. The molecule has 1 fully saturated rings. The van der Waals surface area contributed by atoms with E-state index < -0.39 is 10.0 Å². The molecule has 2 rings (SSSR count). The summed E-state index contributed by atoms with van der Waals surface area (Å²) in [7, 11) is -1.78. The maximum absolute atomic E-state index is 12.7. The summed E-state index contributed by atoms with van der Waals surface area (Å²) >= 11 is 0. The molecule has 10 heteroatoms. The van der Waals surface area contributed by atoms with Gasteiger partial charge in [0.05, 0.1) is 0 Å². The van der Waals surface area contributed by atoms with Gasteiger partial charge in [0, 0.05) is 31.6 Å². The van der Waals surface area contributed by atoms with Crippen LogP contribution < -0.4 is 10.6 Å². The van der Waals surface area contributed by atoms with E-state index in [1.807, 2.05) is 14.0 Å². The summed E-state index contributed by atoms with van der Waals surface area (Å²) in [5, 5.41) is 9.69. The van der Waals surface area contributed by atoms with Gasteiger partial charge >= 0.3 is 0 Å². The molecule has 1 amide bonds. The SMILES string of the molecule is CNC(C)CNC(=O)C1CCN(S(=O)(=O)c2c(C)noc2C)CC1.Cl. The summed E-state index contributed by atoms with van der Waals surface area (Å²) in [5.74, 6) is 0.144. The van der Waals surface area contributed by atoms with Crippen molar-refractivity contribution in [1.29, 1.82) is 0 Å². The highest BCUT2D eigenvalue weighted by molar-refractivity contribution is 7.89. The van der Waals surface area contributed by atoms with Crippen LogP contribution in [0.15, 0.2) is 9.42 Å². The zero-order valence-corrected chi connectivity index (χ0v) is 16.7. The van der Waals surface area contributed by atoms with Crippen molar-refractivity contribution in [3.8, 4) is 0 Å². The lowest BCUT2D eigenvalue weighted by Crippen LogP contribution is -2.45. The van der Waals surface area contributed by atoms with Gasteiger partial charge < -0.3 is 15.2 Å². The molecule has 0 aliphatic carbocycles. The average molecular weight is 395 g/mol. The van der Waals surface area contributed by atoms with E-state index >= 15 is 0 Å². The van der Waals surface area contributed by atoms with Crippen LogP contribution in [0.25, 0.3) is 0 Å². The van der Waals surface area contributed by atoms with Gasteiger partial charge in [0.15, 0.2) is 5.76 Å². The van der Waals surface area contributed by atoms with Crippen molar-refractivity contribution in [3.05, 3.63) is 11.5 Å². The maximum atomic E-state index is 12.7. The van der Waals surface area contributed by atoms with Gasteiger partial charge in [-0.1, -0.05) is 5.16 Å². The Kier molecular flexibility index (Phi) is 7.86. The Morgan fingerprint density at radius 3 is 2.44 bits per heavy atom. The Balaban J connectivity index is 0.00000312. The molecule has 1 aliphatic heterocycles. The predicted molar refractivity (Wildman–Crippen MR) is 96.2 cm³/mol. The average Bonchev–Trinajstić information content (AvgIpc) is 2.91. The zero-order chi connectivity index (χ0) is 17.9. The largest absolute Gasteiger partial charge is 0.360 e. The Morgan fingerprint density at radius 1 is 1.36 bits per heavy atom. The summed E-state index contributed by atoms with van der Waals surface area (Å²) in [6, 6.07) is 0.203. The predicted octanol–water partition coefficient (Wildman–Crippen LogP) is 0.838. The Bertz CT molecular complexity index is 664. The summed E-state index contributed by atoms with van der Waals surface area (Å²) in [5.41, 5.74) is 0.369. The van der Waals surface area contributed by atoms with Crippen molar-refractivity contribution >= 4 is 28.3 Å². The van der Waals surface area contributed by atoms with Gasteiger partial charge in [-0.25, -0.2) is 8.42 Å². The van der Waals surface area contributed by atoms with Crippen LogP contribution in [0.1, 0.15) is 31.2 Å². The summed E-state index contributed by atoms with van der Waals surface area (Å²) in [6.45, 7) is 6.41. The van der Waals surface area contributed by atoms with E-state index in [9.17, 15) is 13.2 Å². The lowest BCUT2D eigenvalue weighted by atomic mass is 9.97. The van der Waals surface area contributed by atoms with Crippen molar-refractivity contribution in [2.45, 2.75) is 44.6 Å². The second kappa shape index (κ2) is 8.98. The number of hydrogen-bond donors (Lipinski definition) is 2. The molecule has 2 N–H and O–H groups in total. The fourth-order valence-electron chi connectivity index (χ4n) is 2.83. The molecule has 1 atom stereocenters. The molecular weight excluding hydrogens is 368 g/mol. The van der Waals surface area contributed by atoms with E-state index in [-0.39, 0.29) is 35.2 Å². The highest BCUT2D eigenvalue weighted by Crippen LogP contribution is 2.27. The highest BCUT2D eigenvalue weighted by Gasteiger charge is 2.35. The minimum absolute atomic E-state index is 0. The lowest BCUT2D eigenvalue weighted by molar-refractivity contribution is -0.126. The van der Waals surface area contributed by atoms with E-state index in [1.165, 1.54) is 4.31 Å². The van der Waals surface area contributed by atoms with Crippen LogP contribution in [0.4, 0.5) is 0 Å². The van der Waals surface area contributed by atoms with Crippen LogP contribution >= 0.6 is 12.4 Å². The van der Waals surface area contributed by atoms with E-state index in [1.54, 1.807) is 13.8 Å². The van der Waals surface area contributed by atoms with E-state index in [0.717, 1.165) is 0 Å². The van der Waals surface area contributed by atoms with Crippen LogP contribution in [-0.4, -0.2) is 56.5 Å². The highest BCUT2D eigenvalue weighted by atomic mass is 35.5. The summed E-state index contributed by atoms with van der Waals surface area (Å²) < 4.78 is 31.9. The molecule has 1 aromatic rings. The van der Waals surface area contributed by atoms with Crippen molar-refractivity contribution < 1.29 is 17.7 Å². The van der Waals surface area contributed by atoms with E-state index in [0.29, 0.717) is 43.9 Å². The molecule has 1 aliphatic rings. The van der Waals surface area contributed by atoms with Gasteiger partial charge in [0.25, 0.3) is 0 Å². The lowest BCUT2D eigenvalue weighted by Gasteiger charge is -2.30. The third-order valence-electron chi connectivity index (χ3n) is 4.47.